The number of nitrogens with one attached hydrogen (secondary N) is 2. The molecule has 0 saturated heterocycles. The number of carbonyl (C=O) groups is 1. The van der Waals surface area contributed by atoms with Crippen LogP contribution in [0.1, 0.15) is 21.6 Å². The summed E-state index contributed by atoms with van der Waals surface area (Å²) in [5.41, 5.74) is 2.99. The quantitative estimate of drug-likeness (QED) is 0.620. The molecule has 2 N–H and O–H groups in total. The average molecular weight is 397 g/mol. The van der Waals surface area contributed by atoms with Crippen LogP contribution in [0, 0.1) is 6.92 Å². The van der Waals surface area contributed by atoms with Crippen molar-refractivity contribution < 1.29 is 9.53 Å². The van der Waals surface area contributed by atoms with Crippen LogP contribution in [0.5, 0.6) is 5.75 Å². The number of hydrogen-bond donors (Lipinski definition) is 2. The van der Waals surface area contributed by atoms with Crippen LogP contribution < -0.4 is 15.4 Å². The highest BCUT2D eigenvalue weighted by atomic mass is 35.5. The highest BCUT2D eigenvalue weighted by molar-refractivity contribution is 6.31. The number of methoxy groups -OCH3 is 1. The second-order valence-corrected chi connectivity index (χ2v) is 6.65. The molecule has 0 aliphatic carbocycles. The van der Waals surface area contributed by atoms with E-state index >= 15 is 0 Å². The first-order valence-electron chi connectivity index (χ1n) is 8.83. The molecule has 7 heteroatoms. The maximum absolute atomic E-state index is 12.3. The molecule has 0 radical (unpaired) electrons. The van der Waals surface area contributed by atoms with Gasteiger partial charge in [-0.15, -0.1) is 10.2 Å². The van der Waals surface area contributed by atoms with Gasteiger partial charge in [0.05, 0.1) is 7.11 Å². The Morgan fingerprint density at radius 1 is 1.07 bits per heavy atom. The number of anilines is 2. The summed E-state index contributed by atoms with van der Waals surface area (Å²) in [7, 11) is 1.65. The van der Waals surface area contributed by atoms with Gasteiger partial charge >= 0.3 is 0 Å². The van der Waals surface area contributed by atoms with E-state index in [9.17, 15) is 4.79 Å². The van der Waals surface area contributed by atoms with Crippen molar-refractivity contribution in [2.24, 2.45) is 0 Å². The van der Waals surface area contributed by atoms with Gasteiger partial charge in [-0.2, -0.15) is 0 Å². The molecule has 2 aromatic carbocycles. The summed E-state index contributed by atoms with van der Waals surface area (Å²) >= 11 is 6.08. The molecular formula is C21H21ClN4O2. The first-order chi connectivity index (χ1) is 13.5. The number of hydrogen-bond acceptors (Lipinski definition) is 5. The van der Waals surface area contributed by atoms with E-state index in [-0.39, 0.29) is 11.6 Å². The lowest BCUT2D eigenvalue weighted by Crippen LogP contribution is -2.15. The first kappa shape index (κ1) is 19.6. The van der Waals surface area contributed by atoms with Crippen molar-refractivity contribution in [2.75, 3.05) is 24.3 Å². The van der Waals surface area contributed by atoms with Crippen molar-refractivity contribution in [1.29, 1.82) is 0 Å². The smallest absolute Gasteiger partial charge is 0.276 e. The number of amides is 1. The van der Waals surface area contributed by atoms with E-state index in [0.717, 1.165) is 17.7 Å². The summed E-state index contributed by atoms with van der Waals surface area (Å²) < 4.78 is 5.15. The maximum atomic E-state index is 12.3. The fourth-order valence-electron chi connectivity index (χ4n) is 2.54. The maximum Gasteiger partial charge on any atom is 0.276 e. The monoisotopic (exact) mass is 396 g/mol. The minimum absolute atomic E-state index is 0.234. The van der Waals surface area contributed by atoms with Crippen molar-refractivity contribution in [3.8, 4) is 5.75 Å². The van der Waals surface area contributed by atoms with Gasteiger partial charge in [-0.05, 0) is 60.9 Å². The second kappa shape index (κ2) is 9.19. The van der Waals surface area contributed by atoms with E-state index in [0.29, 0.717) is 23.1 Å². The van der Waals surface area contributed by atoms with Crippen LogP contribution in [0.25, 0.3) is 0 Å². The van der Waals surface area contributed by atoms with Crippen LogP contribution in [-0.2, 0) is 6.42 Å². The molecule has 0 unspecified atom stereocenters. The normalized spacial score (nSPS) is 10.4. The Labute approximate surface area is 168 Å². The molecule has 3 rings (SSSR count). The van der Waals surface area contributed by atoms with E-state index in [4.69, 9.17) is 16.3 Å². The zero-order chi connectivity index (χ0) is 19.9. The van der Waals surface area contributed by atoms with Gasteiger partial charge in [0, 0.05) is 17.3 Å². The summed E-state index contributed by atoms with van der Waals surface area (Å²) in [5, 5.41) is 14.6. The zero-order valence-corrected chi connectivity index (χ0v) is 16.5. The highest BCUT2D eigenvalue weighted by Gasteiger charge is 2.09. The summed E-state index contributed by atoms with van der Waals surface area (Å²) in [6.07, 6.45) is 0.835. The van der Waals surface area contributed by atoms with Crippen LogP contribution in [-0.4, -0.2) is 29.8 Å². The van der Waals surface area contributed by atoms with Crippen LogP contribution in [0.3, 0.4) is 0 Å². The molecule has 0 atom stereocenters. The van der Waals surface area contributed by atoms with Gasteiger partial charge in [-0.1, -0.05) is 29.8 Å². The van der Waals surface area contributed by atoms with Crippen molar-refractivity contribution in [1.82, 2.24) is 10.2 Å². The predicted octanol–water partition coefficient (Wildman–Crippen LogP) is 4.35. The zero-order valence-electron chi connectivity index (χ0n) is 15.7. The van der Waals surface area contributed by atoms with E-state index in [1.54, 1.807) is 31.4 Å². The standard InChI is InChI=1S/C21H21ClN4O2/c1-14-3-6-16(13-18(14)22)24-21(27)19-9-10-20(26-25-19)23-12-11-15-4-7-17(28-2)8-5-15/h3-10,13H,11-12H2,1-2H3,(H,23,26)(H,24,27). The fourth-order valence-corrected chi connectivity index (χ4v) is 2.72. The Balaban J connectivity index is 1.52. The van der Waals surface area contributed by atoms with Crippen molar-refractivity contribution in [3.05, 3.63) is 76.4 Å². The molecule has 0 aliphatic heterocycles. The van der Waals surface area contributed by atoms with E-state index in [2.05, 4.69) is 20.8 Å². The SMILES string of the molecule is COc1ccc(CCNc2ccc(C(=O)Nc3ccc(C)c(Cl)c3)nn2)cc1. The lowest BCUT2D eigenvalue weighted by molar-refractivity contribution is 0.102. The van der Waals surface area contributed by atoms with Gasteiger partial charge < -0.3 is 15.4 Å². The summed E-state index contributed by atoms with van der Waals surface area (Å²) in [4.78, 5) is 12.3. The Hall–Kier alpha value is -3.12. The number of nitrogens with zero attached hydrogens (tertiary/aromatic N) is 2. The van der Waals surface area contributed by atoms with Gasteiger partial charge in [0.1, 0.15) is 11.6 Å². The number of aryl methyl sites for hydroxylation is 1. The molecule has 1 amide bonds. The van der Waals surface area contributed by atoms with Gasteiger partial charge in [0.15, 0.2) is 5.69 Å². The summed E-state index contributed by atoms with van der Waals surface area (Å²) in [5.74, 6) is 1.12. The Morgan fingerprint density at radius 2 is 1.86 bits per heavy atom. The Bertz CT molecular complexity index is 944. The van der Waals surface area contributed by atoms with Crippen LogP contribution in [0.2, 0.25) is 5.02 Å². The van der Waals surface area contributed by atoms with Gasteiger partial charge in [-0.3, -0.25) is 4.79 Å². The molecule has 3 aromatic rings. The minimum atomic E-state index is -0.336. The van der Waals surface area contributed by atoms with Crippen molar-refractivity contribution >= 4 is 29.0 Å². The number of benzene rings is 2. The molecule has 0 saturated carbocycles. The van der Waals surface area contributed by atoms with Crippen molar-refractivity contribution in [2.45, 2.75) is 13.3 Å². The molecule has 0 aliphatic rings. The Morgan fingerprint density at radius 3 is 2.50 bits per heavy atom. The van der Waals surface area contributed by atoms with Crippen molar-refractivity contribution in [3.63, 3.8) is 0 Å². The summed E-state index contributed by atoms with van der Waals surface area (Å²) in [6, 6.07) is 16.6. The van der Waals surface area contributed by atoms with E-state index in [1.165, 1.54) is 5.56 Å². The van der Waals surface area contributed by atoms with Gasteiger partial charge in [-0.25, -0.2) is 0 Å². The molecule has 1 heterocycles. The summed E-state index contributed by atoms with van der Waals surface area (Å²) in [6.45, 7) is 2.61. The Kier molecular flexibility index (Phi) is 6.45. The molecule has 6 nitrogen and oxygen atoms in total. The van der Waals surface area contributed by atoms with Gasteiger partial charge in [0.2, 0.25) is 0 Å². The number of rotatable bonds is 7. The van der Waals surface area contributed by atoms with Gasteiger partial charge in [0.25, 0.3) is 5.91 Å². The number of aromatic nitrogens is 2. The molecule has 28 heavy (non-hydrogen) atoms. The van der Waals surface area contributed by atoms with E-state index in [1.807, 2.05) is 37.3 Å². The minimum Gasteiger partial charge on any atom is -0.497 e. The lowest BCUT2D eigenvalue weighted by atomic mass is 10.1. The van der Waals surface area contributed by atoms with Crippen LogP contribution in [0.4, 0.5) is 11.5 Å². The average Bonchev–Trinajstić information content (AvgIpc) is 2.72. The largest absolute Gasteiger partial charge is 0.497 e. The third-order valence-corrected chi connectivity index (χ3v) is 4.61. The first-order valence-corrected chi connectivity index (χ1v) is 9.21. The molecular weight excluding hydrogens is 376 g/mol. The lowest BCUT2D eigenvalue weighted by Gasteiger charge is -2.08. The van der Waals surface area contributed by atoms with Crippen LogP contribution in [0.15, 0.2) is 54.6 Å². The molecule has 144 valence electrons. The number of halogens is 1. The van der Waals surface area contributed by atoms with Crippen LogP contribution >= 0.6 is 11.6 Å². The second-order valence-electron chi connectivity index (χ2n) is 6.25. The topological polar surface area (TPSA) is 76.1 Å². The fraction of sp³-hybridized carbons (Fsp3) is 0.190. The number of carbonyl (C=O) groups excluding carboxylic acids is 1. The molecule has 0 spiro atoms. The number of ether oxygens (including phenoxy) is 1. The van der Waals surface area contributed by atoms with E-state index < -0.39 is 0 Å². The molecule has 1 aromatic heterocycles. The predicted molar refractivity (Wildman–Crippen MR) is 111 cm³/mol. The third kappa shape index (κ3) is 5.20. The highest BCUT2D eigenvalue weighted by Crippen LogP contribution is 2.20. The molecule has 0 bridgehead atoms. The molecule has 0 fully saturated rings. The third-order valence-electron chi connectivity index (χ3n) is 4.21.